The van der Waals surface area contributed by atoms with Crippen molar-refractivity contribution in [2.45, 2.75) is 32.2 Å². The molecule has 2 aliphatic rings. The Hall–Kier alpha value is -1.62. The predicted octanol–water partition coefficient (Wildman–Crippen LogP) is 1.93. The van der Waals surface area contributed by atoms with Crippen LogP contribution in [0.25, 0.3) is 0 Å². The van der Waals surface area contributed by atoms with Gasteiger partial charge in [0.2, 0.25) is 0 Å². The standard InChI is InChI=1S/C16H23N3O2/c1-13-5-2-3-8-19(13)16(20)14-6-4-7-17-15(14)18-9-11-21-12-10-18/h4,6-7,13H,2-3,5,8-12H2,1H3. The monoisotopic (exact) mass is 289 g/mol. The van der Waals surface area contributed by atoms with Crippen LogP contribution in [0.15, 0.2) is 18.3 Å². The number of rotatable bonds is 2. The number of piperidine rings is 1. The van der Waals surface area contributed by atoms with Gasteiger partial charge in [-0.25, -0.2) is 4.98 Å². The molecule has 3 heterocycles. The Bertz CT molecular complexity index is 500. The van der Waals surface area contributed by atoms with Gasteiger partial charge >= 0.3 is 0 Å². The summed E-state index contributed by atoms with van der Waals surface area (Å²) in [5.41, 5.74) is 0.730. The van der Waals surface area contributed by atoms with Crippen molar-refractivity contribution in [2.75, 3.05) is 37.7 Å². The maximum absolute atomic E-state index is 12.9. The van der Waals surface area contributed by atoms with E-state index < -0.39 is 0 Å². The first-order chi connectivity index (χ1) is 10.3. The summed E-state index contributed by atoms with van der Waals surface area (Å²) in [6, 6.07) is 4.08. The first-order valence-electron chi connectivity index (χ1n) is 7.86. The SMILES string of the molecule is CC1CCCCN1C(=O)c1cccnc1N1CCOCC1. The zero-order chi connectivity index (χ0) is 14.7. The van der Waals surface area contributed by atoms with Crippen molar-refractivity contribution in [3.05, 3.63) is 23.9 Å². The number of nitrogens with zero attached hydrogens (tertiary/aromatic N) is 3. The minimum atomic E-state index is 0.122. The molecule has 2 fully saturated rings. The molecule has 0 radical (unpaired) electrons. The minimum absolute atomic E-state index is 0.122. The summed E-state index contributed by atoms with van der Waals surface area (Å²) in [5, 5.41) is 0. The van der Waals surface area contributed by atoms with Gasteiger partial charge in [0.05, 0.1) is 18.8 Å². The highest BCUT2D eigenvalue weighted by molar-refractivity contribution is 5.99. The van der Waals surface area contributed by atoms with Gasteiger partial charge in [-0.1, -0.05) is 0 Å². The van der Waals surface area contributed by atoms with Gasteiger partial charge in [-0.05, 0) is 38.3 Å². The molecule has 21 heavy (non-hydrogen) atoms. The molecule has 2 saturated heterocycles. The molecule has 0 bridgehead atoms. The van der Waals surface area contributed by atoms with E-state index in [9.17, 15) is 4.79 Å². The summed E-state index contributed by atoms with van der Waals surface area (Å²) in [6.45, 7) is 5.99. The molecule has 1 aromatic heterocycles. The van der Waals surface area contributed by atoms with Crippen LogP contribution in [-0.2, 0) is 4.74 Å². The number of pyridine rings is 1. The first kappa shape index (κ1) is 14.3. The van der Waals surface area contributed by atoms with Gasteiger partial charge in [0.1, 0.15) is 5.82 Å². The van der Waals surface area contributed by atoms with Crippen molar-refractivity contribution < 1.29 is 9.53 Å². The Balaban J connectivity index is 1.85. The third kappa shape index (κ3) is 3.02. The van der Waals surface area contributed by atoms with E-state index in [1.54, 1.807) is 6.20 Å². The highest BCUT2D eigenvalue weighted by Crippen LogP contribution is 2.24. The van der Waals surface area contributed by atoms with Crippen molar-refractivity contribution in [1.82, 2.24) is 9.88 Å². The Kier molecular flexibility index (Phi) is 4.39. The van der Waals surface area contributed by atoms with E-state index in [-0.39, 0.29) is 5.91 Å². The third-order valence-electron chi connectivity index (χ3n) is 4.39. The highest BCUT2D eigenvalue weighted by Gasteiger charge is 2.28. The van der Waals surface area contributed by atoms with Crippen molar-refractivity contribution >= 4 is 11.7 Å². The molecule has 114 valence electrons. The van der Waals surface area contributed by atoms with Gasteiger partial charge < -0.3 is 14.5 Å². The van der Waals surface area contributed by atoms with Crippen molar-refractivity contribution in [1.29, 1.82) is 0 Å². The van der Waals surface area contributed by atoms with Crippen LogP contribution < -0.4 is 4.90 Å². The van der Waals surface area contributed by atoms with Crippen molar-refractivity contribution in [3.63, 3.8) is 0 Å². The van der Waals surface area contributed by atoms with E-state index in [1.807, 2.05) is 17.0 Å². The molecule has 5 heteroatoms. The number of likely N-dealkylation sites (tertiary alicyclic amines) is 1. The minimum Gasteiger partial charge on any atom is -0.378 e. The van der Waals surface area contributed by atoms with Gasteiger partial charge in [0.25, 0.3) is 5.91 Å². The molecule has 1 aromatic rings. The van der Waals surface area contributed by atoms with Crippen molar-refractivity contribution in [3.8, 4) is 0 Å². The van der Waals surface area contributed by atoms with E-state index in [4.69, 9.17) is 4.74 Å². The lowest BCUT2D eigenvalue weighted by Gasteiger charge is -2.35. The molecule has 2 aliphatic heterocycles. The van der Waals surface area contributed by atoms with Crippen LogP contribution in [0.4, 0.5) is 5.82 Å². The lowest BCUT2D eigenvalue weighted by atomic mass is 10.0. The van der Waals surface area contributed by atoms with Gasteiger partial charge in [-0.3, -0.25) is 4.79 Å². The van der Waals surface area contributed by atoms with Crippen LogP contribution in [0.2, 0.25) is 0 Å². The molecule has 1 atom stereocenters. The average molecular weight is 289 g/mol. The number of aromatic nitrogens is 1. The van der Waals surface area contributed by atoms with E-state index in [1.165, 1.54) is 6.42 Å². The molecule has 3 rings (SSSR count). The third-order valence-corrected chi connectivity index (χ3v) is 4.39. The second kappa shape index (κ2) is 6.43. The summed E-state index contributed by atoms with van der Waals surface area (Å²) in [7, 11) is 0. The number of carbonyl (C=O) groups excluding carboxylic acids is 1. The zero-order valence-electron chi connectivity index (χ0n) is 12.6. The number of ether oxygens (including phenoxy) is 1. The van der Waals surface area contributed by atoms with Gasteiger partial charge in [0.15, 0.2) is 0 Å². The normalized spacial score (nSPS) is 23.2. The number of hydrogen-bond acceptors (Lipinski definition) is 4. The van der Waals surface area contributed by atoms with Crippen LogP contribution in [0.1, 0.15) is 36.5 Å². The Morgan fingerprint density at radius 1 is 1.29 bits per heavy atom. The van der Waals surface area contributed by atoms with Crippen LogP contribution in [-0.4, -0.2) is 54.7 Å². The van der Waals surface area contributed by atoms with E-state index >= 15 is 0 Å². The van der Waals surface area contributed by atoms with E-state index in [2.05, 4.69) is 16.8 Å². The van der Waals surface area contributed by atoms with E-state index in [0.717, 1.165) is 43.9 Å². The maximum atomic E-state index is 12.9. The zero-order valence-corrected chi connectivity index (χ0v) is 12.6. The van der Waals surface area contributed by atoms with Crippen LogP contribution >= 0.6 is 0 Å². The molecule has 0 spiro atoms. The van der Waals surface area contributed by atoms with Crippen LogP contribution in [0.5, 0.6) is 0 Å². The fourth-order valence-electron chi connectivity index (χ4n) is 3.15. The lowest BCUT2D eigenvalue weighted by molar-refractivity contribution is 0.0635. The smallest absolute Gasteiger partial charge is 0.257 e. The molecule has 5 nitrogen and oxygen atoms in total. The summed E-state index contributed by atoms with van der Waals surface area (Å²) in [6.07, 6.45) is 5.18. The Morgan fingerprint density at radius 3 is 2.86 bits per heavy atom. The Morgan fingerprint density at radius 2 is 2.10 bits per heavy atom. The largest absolute Gasteiger partial charge is 0.378 e. The van der Waals surface area contributed by atoms with E-state index in [0.29, 0.717) is 19.3 Å². The summed E-state index contributed by atoms with van der Waals surface area (Å²) < 4.78 is 5.39. The van der Waals surface area contributed by atoms with Gasteiger partial charge in [-0.2, -0.15) is 0 Å². The van der Waals surface area contributed by atoms with Crippen molar-refractivity contribution in [2.24, 2.45) is 0 Å². The molecular weight excluding hydrogens is 266 g/mol. The molecule has 0 saturated carbocycles. The fourth-order valence-corrected chi connectivity index (χ4v) is 3.15. The number of anilines is 1. The lowest BCUT2D eigenvalue weighted by Crippen LogP contribution is -2.43. The predicted molar refractivity (Wildman–Crippen MR) is 81.6 cm³/mol. The topological polar surface area (TPSA) is 45.7 Å². The second-order valence-electron chi connectivity index (χ2n) is 5.82. The van der Waals surface area contributed by atoms with Gasteiger partial charge in [-0.15, -0.1) is 0 Å². The first-order valence-corrected chi connectivity index (χ1v) is 7.86. The average Bonchev–Trinajstić information content (AvgIpc) is 2.55. The fraction of sp³-hybridized carbons (Fsp3) is 0.625. The van der Waals surface area contributed by atoms with Gasteiger partial charge in [0, 0.05) is 31.9 Å². The molecule has 0 aliphatic carbocycles. The molecule has 0 aromatic carbocycles. The number of morpholine rings is 1. The molecule has 0 N–H and O–H groups in total. The quantitative estimate of drug-likeness (QED) is 0.834. The Labute approximate surface area is 125 Å². The second-order valence-corrected chi connectivity index (χ2v) is 5.82. The molecule has 1 amide bonds. The number of carbonyl (C=O) groups is 1. The van der Waals surface area contributed by atoms with Crippen LogP contribution in [0, 0.1) is 0 Å². The maximum Gasteiger partial charge on any atom is 0.257 e. The molecular formula is C16H23N3O2. The van der Waals surface area contributed by atoms with Crippen LogP contribution in [0.3, 0.4) is 0 Å². The summed E-state index contributed by atoms with van der Waals surface area (Å²) in [4.78, 5) is 21.5. The highest BCUT2D eigenvalue weighted by atomic mass is 16.5. The summed E-state index contributed by atoms with van der Waals surface area (Å²) >= 11 is 0. The molecule has 1 unspecified atom stereocenters. The summed E-state index contributed by atoms with van der Waals surface area (Å²) in [5.74, 6) is 0.931. The number of hydrogen-bond donors (Lipinski definition) is 0. The number of amides is 1.